The second kappa shape index (κ2) is 8.21. The Morgan fingerprint density at radius 2 is 1.80 bits per heavy atom. The van der Waals surface area contributed by atoms with Gasteiger partial charge in [0.1, 0.15) is 5.75 Å². The van der Waals surface area contributed by atoms with Crippen LogP contribution in [0.3, 0.4) is 0 Å². The maximum absolute atomic E-state index is 6.09. The molecule has 0 atom stereocenters. The molecule has 0 bridgehead atoms. The van der Waals surface area contributed by atoms with Crippen LogP contribution in [0.25, 0.3) is 16.7 Å². The summed E-state index contributed by atoms with van der Waals surface area (Å²) >= 11 is 0. The van der Waals surface area contributed by atoms with Crippen molar-refractivity contribution in [1.82, 2.24) is 5.32 Å². The zero-order valence-electron chi connectivity index (χ0n) is 15.4. The van der Waals surface area contributed by atoms with Gasteiger partial charge in [-0.2, -0.15) is 0 Å². The molecule has 2 aromatic rings. The Morgan fingerprint density at radius 3 is 2.60 bits per heavy atom. The zero-order valence-corrected chi connectivity index (χ0v) is 15.4. The summed E-state index contributed by atoms with van der Waals surface area (Å²) in [6, 6.07) is 14.8. The quantitative estimate of drug-likeness (QED) is 0.810. The van der Waals surface area contributed by atoms with Crippen LogP contribution >= 0.6 is 0 Å². The van der Waals surface area contributed by atoms with Crippen LogP contribution < -0.4 is 15.4 Å². The summed E-state index contributed by atoms with van der Waals surface area (Å²) < 4.78 is 6.09. The fraction of sp³-hybridized carbons (Fsp3) is 0.364. The van der Waals surface area contributed by atoms with E-state index < -0.39 is 0 Å². The van der Waals surface area contributed by atoms with Gasteiger partial charge in [0.25, 0.3) is 0 Å². The van der Waals surface area contributed by atoms with Crippen LogP contribution in [0, 0.1) is 0 Å². The van der Waals surface area contributed by atoms with E-state index in [0.29, 0.717) is 0 Å². The van der Waals surface area contributed by atoms with Crippen LogP contribution in [0.1, 0.15) is 32.3 Å². The van der Waals surface area contributed by atoms with Crippen LogP contribution in [0.4, 0.5) is 5.69 Å². The van der Waals surface area contributed by atoms with E-state index in [-0.39, 0.29) is 6.10 Å². The molecule has 0 saturated carbocycles. The van der Waals surface area contributed by atoms with Gasteiger partial charge >= 0.3 is 0 Å². The van der Waals surface area contributed by atoms with Crippen LogP contribution in [-0.4, -0.2) is 26.2 Å². The predicted octanol–water partition coefficient (Wildman–Crippen LogP) is 4.95. The van der Waals surface area contributed by atoms with Gasteiger partial charge in [-0.1, -0.05) is 36.4 Å². The average Bonchev–Trinajstić information content (AvgIpc) is 2.90. The Kier molecular flexibility index (Phi) is 5.77. The SMILES string of the molecule is CNc1cccc(-c2ccccc2OC(C)C)c1C1=CCCNCC1. The van der Waals surface area contributed by atoms with E-state index in [1.54, 1.807) is 0 Å². The first kappa shape index (κ1) is 17.6. The minimum atomic E-state index is 0.151. The van der Waals surface area contributed by atoms with Gasteiger partial charge in [-0.15, -0.1) is 0 Å². The van der Waals surface area contributed by atoms with Crippen molar-refractivity contribution in [2.24, 2.45) is 0 Å². The van der Waals surface area contributed by atoms with Crippen molar-refractivity contribution in [2.75, 3.05) is 25.5 Å². The smallest absolute Gasteiger partial charge is 0.127 e. The summed E-state index contributed by atoms with van der Waals surface area (Å²) in [5, 5.41) is 6.87. The molecule has 0 aliphatic carbocycles. The van der Waals surface area contributed by atoms with Gasteiger partial charge in [0.15, 0.2) is 0 Å². The highest BCUT2D eigenvalue weighted by Gasteiger charge is 2.17. The van der Waals surface area contributed by atoms with Crippen molar-refractivity contribution < 1.29 is 4.74 Å². The van der Waals surface area contributed by atoms with Crippen molar-refractivity contribution >= 4 is 11.3 Å². The van der Waals surface area contributed by atoms with Gasteiger partial charge in [-0.3, -0.25) is 0 Å². The van der Waals surface area contributed by atoms with E-state index in [4.69, 9.17) is 4.74 Å². The third-order valence-electron chi connectivity index (χ3n) is 4.48. The lowest BCUT2D eigenvalue weighted by molar-refractivity contribution is 0.243. The fourth-order valence-corrected chi connectivity index (χ4v) is 3.40. The molecule has 0 amide bonds. The number of anilines is 1. The molecule has 1 aliphatic heterocycles. The number of hydrogen-bond acceptors (Lipinski definition) is 3. The second-order valence-electron chi connectivity index (χ2n) is 6.66. The topological polar surface area (TPSA) is 33.3 Å². The molecule has 2 N–H and O–H groups in total. The van der Waals surface area contributed by atoms with Gasteiger partial charge in [-0.05, 0) is 63.0 Å². The largest absolute Gasteiger partial charge is 0.490 e. The maximum atomic E-state index is 6.09. The Morgan fingerprint density at radius 1 is 1.00 bits per heavy atom. The number of para-hydroxylation sites is 1. The van der Waals surface area contributed by atoms with E-state index in [1.807, 2.05) is 13.1 Å². The van der Waals surface area contributed by atoms with Gasteiger partial charge in [-0.25, -0.2) is 0 Å². The monoisotopic (exact) mass is 336 g/mol. The third kappa shape index (κ3) is 4.05. The van der Waals surface area contributed by atoms with E-state index >= 15 is 0 Å². The number of hydrogen-bond donors (Lipinski definition) is 2. The number of benzene rings is 2. The maximum Gasteiger partial charge on any atom is 0.127 e. The average molecular weight is 336 g/mol. The normalized spacial score (nSPS) is 14.8. The van der Waals surface area contributed by atoms with Gasteiger partial charge in [0.05, 0.1) is 6.10 Å². The molecular weight excluding hydrogens is 308 g/mol. The van der Waals surface area contributed by atoms with Gasteiger partial charge < -0.3 is 15.4 Å². The molecule has 0 spiro atoms. The number of nitrogens with one attached hydrogen (secondary N) is 2. The predicted molar refractivity (Wildman–Crippen MR) is 107 cm³/mol. The molecular formula is C22H28N2O. The summed E-state index contributed by atoms with van der Waals surface area (Å²) in [5.74, 6) is 0.944. The first-order chi connectivity index (χ1) is 12.2. The highest BCUT2D eigenvalue weighted by Crippen LogP contribution is 2.40. The first-order valence-corrected chi connectivity index (χ1v) is 9.17. The minimum absolute atomic E-state index is 0.151. The Bertz CT molecular complexity index is 749. The molecule has 0 saturated heterocycles. The molecule has 1 aliphatic rings. The molecule has 0 radical (unpaired) electrons. The molecule has 3 heteroatoms. The summed E-state index contributed by atoms with van der Waals surface area (Å²) in [7, 11) is 1.99. The second-order valence-corrected chi connectivity index (χ2v) is 6.66. The lowest BCUT2D eigenvalue weighted by atomic mass is 9.90. The first-order valence-electron chi connectivity index (χ1n) is 9.17. The minimum Gasteiger partial charge on any atom is -0.490 e. The molecule has 1 heterocycles. The fourth-order valence-electron chi connectivity index (χ4n) is 3.40. The molecule has 2 aromatic carbocycles. The molecule has 0 aromatic heterocycles. The van der Waals surface area contributed by atoms with Crippen LogP contribution in [0.15, 0.2) is 48.5 Å². The van der Waals surface area contributed by atoms with E-state index in [1.165, 1.54) is 22.4 Å². The van der Waals surface area contributed by atoms with Crippen molar-refractivity contribution in [3.05, 3.63) is 54.1 Å². The molecule has 0 fully saturated rings. The number of rotatable bonds is 5. The van der Waals surface area contributed by atoms with Crippen LogP contribution in [0.5, 0.6) is 5.75 Å². The van der Waals surface area contributed by atoms with E-state index in [9.17, 15) is 0 Å². The highest BCUT2D eigenvalue weighted by molar-refractivity contribution is 5.90. The van der Waals surface area contributed by atoms with Crippen molar-refractivity contribution in [2.45, 2.75) is 32.8 Å². The van der Waals surface area contributed by atoms with Crippen LogP contribution in [-0.2, 0) is 0 Å². The van der Waals surface area contributed by atoms with Gasteiger partial charge in [0, 0.05) is 23.9 Å². The van der Waals surface area contributed by atoms with Gasteiger partial charge in [0.2, 0.25) is 0 Å². The van der Waals surface area contributed by atoms with E-state index in [0.717, 1.165) is 37.2 Å². The highest BCUT2D eigenvalue weighted by atomic mass is 16.5. The summed E-state index contributed by atoms with van der Waals surface area (Å²) in [5.41, 5.74) is 6.26. The van der Waals surface area contributed by atoms with Crippen molar-refractivity contribution in [1.29, 1.82) is 0 Å². The summed E-state index contributed by atoms with van der Waals surface area (Å²) in [4.78, 5) is 0. The molecule has 25 heavy (non-hydrogen) atoms. The zero-order chi connectivity index (χ0) is 17.6. The Labute approximate surface area is 151 Å². The Hall–Kier alpha value is -2.26. The van der Waals surface area contributed by atoms with E-state index in [2.05, 4.69) is 67.0 Å². The lowest BCUT2D eigenvalue weighted by Gasteiger charge is -2.20. The molecule has 0 unspecified atom stereocenters. The summed E-state index contributed by atoms with van der Waals surface area (Å²) in [6.45, 7) is 6.21. The third-order valence-corrected chi connectivity index (χ3v) is 4.48. The Balaban J connectivity index is 2.16. The molecule has 3 rings (SSSR count). The lowest BCUT2D eigenvalue weighted by Crippen LogP contribution is -2.14. The summed E-state index contributed by atoms with van der Waals surface area (Å²) in [6.07, 6.45) is 4.64. The van der Waals surface area contributed by atoms with Crippen molar-refractivity contribution in [3.8, 4) is 16.9 Å². The number of ether oxygens (including phenoxy) is 1. The van der Waals surface area contributed by atoms with Crippen molar-refractivity contribution in [3.63, 3.8) is 0 Å². The molecule has 132 valence electrons. The molecule has 3 nitrogen and oxygen atoms in total. The standard InChI is InChI=1S/C22H28N2O/c1-16(2)25-21-12-5-4-9-18(21)19-10-6-11-20(23-3)22(19)17-8-7-14-24-15-13-17/h4-6,8-12,16,23-24H,7,13-15H2,1-3H3. The van der Waals surface area contributed by atoms with Crippen LogP contribution in [0.2, 0.25) is 0 Å².